The summed E-state index contributed by atoms with van der Waals surface area (Å²) in [6.07, 6.45) is 6.36. The van der Waals surface area contributed by atoms with E-state index in [4.69, 9.17) is 4.74 Å². The van der Waals surface area contributed by atoms with Gasteiger partial charge in [-0.25, -0.2) is 0 Å². The molecular weight excluding hydrogens is 272 g/mol. The van der Waals surface area contributed by atoms with Gasteiger partial charge < -0.3 is 14.5 Å². The highest BCUT2D eigenvalue weighted by Gasteiger charge is 2.16. The molecule has 0 bridgehead atoms. The summed E-state index contributed by atoms with van der Waals surface area (Å²) in [7, 11) is 0. The van der Waals surface area contributed by atoms with Crippen LogP contribution in [0, 0.1) is 11.8 Å². The molecule has 0 spiro atoms. The molecule has 0 amide bonds. The molecule has 0 aromatic rings. The van der Waals surface area contributed by atoms with E-state index in [-0.39, 0.29) is 0 Å². The Morgan fingerprint density at radius 2 is 1.23 bits per heavy atom. The molecule has 1 fully saturated rings. The molecule has 1 heterocycles. The van der Waals surface area contributed by atoms with E-state index in [9.17, 15) is 0 Å². The largest absolute Gasteiger partial charge is 0.381 e. The van der Waals surface area contributed by atoms with E-state index in [0.29, 0.717) is 0 Å². The maximum atomic E-state index is 5.72. The first-order chi connectivity index (χ1) is 10.6. The zero-order chi connectivity index (χ0) is 16.2. The van der Waals surface area contributed by atoms with Gasteiger partial charge >= 0.3 is 0 Å². The van der Waals surface area contributed by atoms with Gasteiger partial charge in [-0.2, -0.15) is 0 Å². The number of hydrogen-bond donors (Lipinski definition) is 0. The van der Waals surface area contributed by atoms with Crippen molar-refractivity contribution < 1.29 is 4.74 Å². The average Bonchev–Trinajstić information content (AvgIpc) is 2.48. The van der Waals surface area contributed by atoms with E-state index in [1.807, 2.05) is 0 Å². The van der Waals surface area contributed by atoms with E-state index < -0.39 is 0 Å². The van der Waals surface area contributed by atoms with Gasteiger partial charge in [0.25, 0.3) is 0 Å². The Morgan fingerprint density at radius 3 is 1.82 bits per heavy atom. The minimum Gasteiger partial charge on any atom is -0.381 e. The molecule has 0 N–H and O–H groups in total. The van der Waals surface area contributed by atoms with Crippen molar-refractivity contribution in [2.75, 3.05) is 52.5 Å². The third kappa shape index (κ3) is 10.6. The van der Waals surface area contributed by atoms with Gasteiger partial charge in [0.1, 0.15) is 0 Å². The zero-order valence-electron chi connectivity index (χ0n) is 15.6. The second-order valence-corrected chi connectivity index (χ2v) is 7.72. The fraction of sp³-hybridized carbons (Fsp3) is 1.00. The minimum atomic E-state index is 0.808. The van der Waals surface area contributed by atoms with Gasteiger partial charge in [0.05, 0.1) is 0 Å². The fourth-order valence-corrected chi connectivity index (χ4v) is 2.91. The van der Waals surface area contributed by atoms with E-state index in [1.54, 1.807) is 0 Å². The van der Waals surface area contributed by atoms with Crippen molar-refractivity contribution in [1.82, 2.24) is 9.80 Å². The summed E-state index contributed by atoms with van der Waals surface area (Å²) in [4.78, 5) is 5.26. The van der Waals surface area contributed by atoms with Crippen molar-refractivity contribution in [2.24, 2.45) is 11.8 Å². The van der Waals surface area contributed by atoms with Gasteiger partial charge in [-0.3, -0.25) is 0 Å². The normalized spacial score (nSPS) is 17.7. The summed E-state index contributed by atoms with van der Waals surface area (Å²) in [6.45, 7) is 18.7. The van der Waals surface area contributed by atoms with E-state index in [2.05, 4.69) is 37.5 Å². The molecule has 0 radical (unpaired) electrons. The maximum Gasteiger partial charge on any atom is 0.0466 e. The second-order valence-electron chi connectivity index (χ2n) is 7.72. The molecule has 22 heavy (non-hydrogen) atoms. The molecule has 1 rings (SSSR count). The molecule has 0 unspecified atom stereocenters. The van der Waals surface area contributed by atoms with Gasteiger partial charge in [-0.05, 0) is 57.0 Å². The molecule has 0 aromatic heterocycles. The molecule has 0 aromatic carbocycles. The minimum absolute atomic E-state index is 0.808. The number of piperazine rings is 1. The van der Waals surface area contributed by atoms with E-state index in [0.717, 1.165) is 25.0 Å². The van der Waals surface area contributed by atoms with Crippen LogP contribution in [0.3, 0.4) is 0 Å². The molecule has 0 saturated carbocycles. The first-order valence-corrected chi connectivity index (χ1v) is 9.60. The lowest BCUT2D eigenvalue weighted by Gasteiger charge is -2.35. The molecule has 1 aliphatic rings. The Morgan fingerprint density at radius 1 is 0.682 bits per heavy atom. The number of hydrogen-bond acceptors (Lipinski definition) is 3. The van der Waals surface area contributed by atoms with Crippen LogP contribution in [-0.2, 0) is 4.74 Å². The monoisotopic (exact) mass is 312 g/mol. The van der Waals surface area contributed by atoms with Crippen molar-refractivity contribution in [3.8, 4) is 0 Å². The Hall–Kier alpha value is -0.120. The van der Waals surface area contributed by atoms with Gasteiger partial charge in [0, 0.05) is 39.4 Å². The second kappa shape index (κ2) is 12.3. The maximum absolute atomic E-state index is 5.72. The standard InChI is InChI=1S/C19H40N2O/c1-18(2)8-7-17-22-16-6-5-10-20-12-14-21(15-13-20)11-9-19(3)4/h18-19H,5-17H2,1-4H3. The smallest absolute Gasteiger partial charge is 0.0466 e. The molecule has 0 atom stereocenters. The van der Waals surface area contributed by atoms with Crippen molar-refractivity contribution >= 4 is 0 Å². The van der Waals surface area contributed by atoms with Crippen LogP contribution in [0.15, 0.2) is 0 Å². The SMILES string of the molecule is CC(C)CCCOCCCCN1CCN(CCC(C)C)CC1. The van der Waals surface area contributed by atoms with E-state index in [1.165, 1.54) is 71.4 Å². The summed E-state index contributed by atoms with van der Waals surface area (Å²) < 4.78 is 5.72. The lowest BCUT2D eigenvalue weighted by Crippen LogP contribution is -2.46. The van der Waals surface area contributed by atoms with Gasteiger partial charge in [0.2, 0.25) is 0 Å². The highest BCUT2D eigenvalue weighted by atomic mass is 16.5. The summed E-state index contributed by atoms with van der Waals surface area (Å²) in [6, 6.07) is 0. The topological polar surface area (TPSA) is 15.7 Å². The summed E-state index contributed by atoms with van der Waals surface area (Å²) in [5, 5.41) is 0. The molecule has 132 valence electrons. The third-order valence-corrected chi connectivity index (χ3v) is 4.57. The molecule has 3 heteroatoms. The first kappa shape index (κ1) is 19.9. The Bertz CT molecular complexity index is 248. The fourth-order valence-electron chi connectivity index (χ4n) is 2.91. The third-order valence-electron chi connectivity index (χ3n) is 4.57. The van der Waals surface area contributed by atoms with Crippen LogP contribution >= 0.6 is 0 Å². The van der Waals surface area contributed by atoms with Crippen molar-refractivity contribution in [2.45, 2.75) is 59.8 Å². The van der Waals surface area contributed by atoms with Crippen molar-refractivity contribution in [1.29, 1.82) is 0 Å². The summed E-state index contributed by atoms with van der Waals surface area (Å²) in [5.41, 5.74) is 0. The van der Waals surface area contributed by atoms with E-state index >= 15 is 0 Å². The summed E-state index contributed by atoms with van der Waals surface area (Å²) in [5.74, 6) is 1.64. The van der Waals surface area contributed by atoms with Crippen LogP contribution in [0.25, 0.3) is 0 Å². The molecule has 1 aliphatic heterocycles. The zero-order valence-corrected chi connectivity index (χ0v) is 15.6. The predicted octanol–water partition coefficient (Wildman–Crippen LogP) is 3.88. The summed E-state index contributed by atoms with van der Waals surface area (Å²) >= 11 is 0. The molecule has 3 nitrogen and oxygen atoms in total. The lowest BCUT2D eigenvalue weighted by molar-refractivity contribution is 0.108. The number of unbranched alkanes of at least 4 members (excludes halogenated alkanes) is 1. The molecule has 0 aliphatic carbocycles. The number of ether oxygens (including phenoxy) is 1. The average molecular weight is 313 g/mol. The van der Waals surface area contributed by atoms with Crippen molar-refractivity contribution in [3.05, 3.63) is 0 Å². The lowest BCUT2D eigenvalue weighted by atomic mass is 10.1. The van der Waals surface area contributed by atoms with Crippen LogP contribution in [0.2, 0.25) is 0 Å². The van der Waals surface area contributed by atoms with Crippen molar-refractivity contribution in [3.63, 3.8) is 0 Å². The van der Waals surface area contributed by atoms with Gasteiger partial charge in [0.15, 0.2) is 0 Å². The molecular formula is C19H40N2O. The Kier molecular flexibility index (Phi) is 11.2. The number of rotatable bonds is 12. The van der Waals surface area contributed by atoms with Gasteiger partial charge in [-0.15, -0.1) is 0 Å². The quantitative estimate of drug-likeness (QED) is 0.509. The first-order valence-electron chi connectivity index (χ1n) is 9.60. The molecule has 1 saturated heterocycles. The van der Waals surface area contributed by atoms with Crippen LogP contribution in [-0.4, -0.2) is 62.3 Å². The van der Waals surface area contributed by atoms with Crippen LogP contribution < -0.4 is 0 Å². The highest BCUT2D eigenvalue weighted by molar-refractivity contribution is 4.72. The van der Waals surface area contributed by atoms with Crippen LogP contribution in [0.1, 0.15) is 59.8 Å². The Balaban J connectivity index is 1.88. The van der Waals surface area contributed by atoms with Crippen LogP contribution in [0.5, 0.6) is 0 Å². The predicted molar refractivity (Wildman–Crippen MR) is 96.5 cm³/mol. The van der Waals surface area contributed by atoms with Gasteiger partial charge in [-0.1, -0.05) is 27.7 Å². The number of nitrogens with zero attached hydrogens (tertiary/aromatic N) is 2. The van der Waals surface area contributed by atoms with Crippen LogP contribution in [0.4, 0.5) is 0 Å². The Labute approximate surface area is 139 Å². The highest BCUT2D eigenvalue weighted by Crippen LogP contribution is 2.08.